The highest BCUT2D eigenvalue weighted by molar-refractivity contribution is 5.54. The summed E-state index contributed by atoms with van der Waals surface area (Å²) in [5.41, 5.74) is 0.505. The van der Waals surface area contributed by atoms with Gasteiger partial charge in [0.1, 0.15) is 0 Å². The van der Waals surface area contributed by atoms with Crippen LogP contribution in [0.3, 0.4) is 0 Å². The Balaban J connectivity index is 2.46. The quantitative estimate of drug-likeness (QED) is 0.664. The number of phenolic OH excluding ortho intramolecular Hbond substituents is 1. The van der Waals surface area contributed by atoms with Crippen LogP contribution in [0.2, 0.25) is 0 Å². The zero-order valence-corrected chi connectivity index (χ0v) is 9.66. The van der Waals surface area contributed by atoms with Gasteiger partial charge in [0.15, 0.2) is 11.5 Å². The van der Waals surface area contributed by atoms with Crippen LogP contribution in [0, 0.1) is 17.0 Å². The maximum absolute atomic E-state index is 10.9. The van der Waals surface area contributed by atoms with Crippen molar-refractivity contribution in [1.82, 2.24) is 0 Å². The number of phenols is 1. The molecule has 0 heterocycles. The van der Waals surface area contributed by atoms with Crippen molar-refractivity contribution in [1.29, 1.82) is 0 Å². The largest absolute Gasteiger partial charge is 0.504 e. The number of hydrogen-bond donors (Lipinski definition) is 1. The monoisotopic (exact) mass is 245 g/mol. The van der Waals surface area contributed by atoms with Gasteiger partial charge >= 0.3 is 5.69 Å². The van der Waals surface area contributed by atoms with Crippen LogP contribution >= 0.6 is 0 Å². The molecule has 2 rings (SSSR count). The van der Waals surface area contributed by atoms with Gasteiger partial charge in [0, 0.05) is 6.07 Å². The van der Waals surface area contributed by atoms with E-state index in [0.717, 1.165) is 0 Å². The Hall–Kier alpha value is -2.56. The van der Waals surface area contributed by atoms with Gasteiger partial charge in [-0.2, -0.15) is 0 Å². The Morgan fingerprint density at radius 3 is 2.56 bits per heavy atom. The van der Waals surface area contributed by atoms with Crippen LogP contribution in [-0.2, 0) is 0 Å². The van der Waals surface area contributed by atoms with Crippen molar-refractivity contribution >= 4 is 5.69 Å². The van der Waals surface area contributed by atoms with Gasteiger partial charge in [-0.15, -0.1) is 0 Å². The summed E-state index contributed by atoms with van der Waals surface area (Å²) in [6.07, 6.45) is 0. The molecule has 0 aliphatic heterocycles. The third kappa shape index (κ3) is 2.24. The van der Waals surface area contributed by atoms with Gasteiger partial charge in [-0.1, -0.05) is 24.3 Å². The molecule has 0 aliphatic rings. The molecule has 2 aromatic carbocycles. The Morgan fingerprint density at radius 1 is 1.17 bits per heavy atom. The van der Waals surface area contributed by atoms with Gasteiger partial charge in [-0.05, 0) is 24.6 Å². The lowest BCUT2D eigenvalue weighted by Gasteiger charge is -2.09. The summed E-state index contributed by atoms with van der Waals surface area (Å²) in [6, 6.07) is 11.0. The van der Waals surface area contributed by atoms with Gasteiger partial charge in [0.2, 0.25) is 5.75 Å². The fourth-order valence-electron chi connectivity index (χ4n) is 1.57. The summed E-state index contributed by atoms with van der Waals surface area (Å²) in [5, 5.41) is 20.5. The molecular formula is C13H11NO4. The SMILES string of the molecule is Cc1cccc([N+](=O)[O-])c1Oc1ccccc1O. The minimum atomic E-state index is -0.512. The molecule has 0 aromatic heterocycles. The maximum Gasteiger partial charge on any atom is 0.311 e. The molecule has 18 heavy (non-hydrogen) atoms. The number of nitrogens with zero attached hydrogens (tertiary/aromatic N) is 1. The normalized spacial score (nSPS) is 10.1. The van der Waals surface area contributed by atoms with E-state index in [1.807, 2.05) is 0 Å². The lowest BCUT2D eigenvalue weighted by atomic mass is 10.2. The molecular weight excluding hydrogens is 234 g/mol. The second-order valence-corrected chi connectivity index (χ2v) is 3.75. The zero-order chi connectivity index (χ0) is 13.1. The number of nitro benzene ring substituents is 1. The van der Waals surface area contributed by atoms with Crippen molar-refractivity contribution in [3.8, 4) is 17.2 Å². The van der Waals surface area contributed by atoms with Gasteiger partial charge in [0.05, 0.1) is 4.92 Å². The number of benzene rings is 2. The molecule has 0 aliphatic carbocycles. The number of aryl methyl sites for hydroxylation is 1. The predicted molar refractivity (Wildman–Crippen MR) is 66.0 cm³/mol. The van der Waals surface area contributed by atoms with Crippen LogP contribution in [0.25, 0.3) is 0 Å². The number of aromatic hydroxyl groups is 1. The maximum atomic E-state index is 10.9. The molecule has 5 heteroatoms. The highest BCUT2D eigenvalue weighted by Gasteiger charge is 2.18. The molecule has 92 valence electrons. The van der Waals surface area contributed by atoms with E-state index in [0.29, 0.717) is 5.56 Å². The molecule has 2 aromatic rings. The first-order valence-corrected chi connectivity index (χ1v) is 5.29. The van der Waals surface area contributed by atoms with E-state index in [1.54, 1.807) is 37.3 Å². The summed E-state index contributed by atoms with van der Waals surface area (Å²) < 4.78 is 5.44. The summed E-state index contributed by atoms with van der Waals surface area (Å²) in [7, 11) is 0. The molecule has 0 saturated heterocycles. The van der Waals surface area contributed by atoms with E-state index >= 15 is 0 Å². The summed E-state index contributed by atoms with van der Waals surface area (Å²) in [6.45, 7) is 1.71. The van der Waals surface area contributed by atoms with Crippen molar-refractivity contribution in [2.45, 2.75) is 6.92 Å². The molecule has 0 fully saturated rings. The van der Waals surface area contributed by atoms with Crippen LogP contribution in [0.1, 0.15) is 5.56 Å². The summed E-state index contributed by atoms with van der Waals surface area (Å²) >= 11 is 0. The van der Waals surface area contributed by atoms with Crippen molar-refractivity contribution in [3.05, 3.63) is 58.1 Å². The Kier molecular flexibility index (Phi) is 3.14. The molecule has 0 radical (unpaired) electrons. The predicted octanol–water partition coefficient (Wildman–Crippen LogP) is 3.40. The van der Waals surface area contributed by atoms with E-state index < -0.39 is 4.92 Å². The van der Waals surface area contributed by atoms with E-state index in [-0.39, 0.29) is 22.9 Å². The first kappa shape index (κ1) is 11.9. The van der Waals surface area contributed by atoms with Gasteiger partial charge < -0.3 is 9.84 Å². The van der Waals surface area contributed by atoms with Crippen molar-refractivity contribution in [3.63, 3.8) is 0 Å². The Labute approximate surface area is 103 Å². The zero-order valence-electron chi connectivity index (χ0n) is 9.66. The number of rotatable bonds is 3. The first-order valence-electron chi connectivity index (χ1n) is 5.29. The van der Waals surface area contributed by atoms with Gasteiger partial charge in [-0.25, -0.2) is 0 Å². The molecule has 0 spiro atoms. The third-order valence-corrected chi connectivity index (χ3v) is 2.47. The van der Waals surface area contributed by atoms with Crippen LogP contribution in [0.5, 0.6) is 17.2 Å². The minimum absolute atomic E-state index is 0.0601. The van der Waals surface area contributed by atoms with Crippen molar-refractivity contribution in [2.75, 3.05) is 0 Å². The highest BCUT2D eigenvalue weighted by atomic mass is 16.6. The summed E-state index contributed by atoms with van der Waals surface area (Å²) in [5.74, 6) is 0.272. The van der Waals surface area contributed by atoms with Crippen LogP contribution in [0.4, 0.5) is 5.69 Å². The average molecular weight is 245 g/mol. The van der Waals surface area contributed by atoms with Crippen molar-refractivity contribution in [2.24, 2.45) is 0 Å². The third-order valence-electron chi connectivity index (χ3n) is 2.47. The number of para-hydroxylation sites is 3. The van der Waals surface area contributed by atoms with Crippen LogP contribution < -0.4 is 4.74 Å². The second-order valence-electron chi connectivity index (χ2n) is 3.75. The average Bonchev–Trinajstić information content (AvgIpc) is 2.34. The van der Waals surface area contributed by atoms with Crippen LogP contribution in [-0.4, -0.2) is 10.0 Å². The van der Waals surface area contributed by atoms with E-state index in [2.05, 4.69) is 0 Å². The van der Waals surface area contributed by atoms with E-state index in [1.165, 1.54) is 12.1 Å². The van der Waals surface area contributed by atoms with Gasteiger partial charge in [0.25, 0.3) is 0 Å². The Bertz CT molecular complexity index is 595. The lowest BCUT2D eigenvalue weighted by molar-refractivity contribution is -0.385. The molecule has 0 atom stereocenters. The number of hydrogen-bond acceptors (Lipinski definition) is 4. The molecule has 5 nitrogen and oxygen atoms in total. The molecule has 0 saturated carbocycles. The van der Waals surface area contributed by atoms with Gasteiger partial charge in [-0.3, -0.25) is 10.1 Å². The topological polar surface area (TPSA) is 72.6 Å². The molecule has 0 amide bonds. The standard InChI is InChI=1S/C13H11NO4/c1-9-5-4-6-10(14(16)17)13(9)18-12-8-3-2-7-11(12)15/h2-8,15H,1H3. The minimum Gasteiger partial charge on any atom is -0.504 e. The molecule has 1 N–H and O–H groups in total. The number of nitro groups is 1. The fourth-order valence-corrected chi connectivity index (χ4v) is 1.57. The highest BCUT2D eigenvalue weighted by Crippen LogP contribution is 2.37. The number of ether oxygens (including phenoxy) is 1. The lowest BCUT2D eigenvalue weighted by Crippen LogP contribution is -1.95. The fraction of sp³-hybridized carbons (Fsp3) is 0.0769. The Morgan fingerprint density at radius 2 is 1.89 bits per heavy atom. The van der Waals surface area contributed by atoms with Crippen molar-refractivity contribution < 1.29 is 14.8 Å². The first-order chi connectivity index (χ1) is 8.59. The van der Waals surface area contributed by atoms with Crippen LogP contribution in [0.15, 0.2) is 42.5 Å². The summed E-state index contributed by atoms with van der Waals surface area (Å²) in [4.78, 5) is 10.4. The van der Waals surface area contributed by atoms with E-state index in [9.17, 15) is 15.2 Å². The second kappa shape index (κ2) is 4.75. The smallest absolute Gasteiger partial charge is 0.311 e. The van der Waals surface area contributed by atoms with E-state index in [4.69, 9.17) is 4.74 Å². The molecule has 0 bridgehead atoms. The molecule has 0 unspecified atom stereocenters.